The number of hydrogen-bond acceptors (Lipinski definition) is 6. The Morgan fingerprint density at radius 1 is 0.717 bits per heavy atom. The van der Waals surface area contributed by atoms with E-state index in [2.05, 4.69) is 22.8 Å². The first-order valence-electron chi connectivity index (χ1n) is 15.5. The van der Waals surface area contributed by atoms with Gasteiger partial charge in [-0.15, -0.1) is 0 Å². The van der Waals surface area contributed by atoms with Gasteiger partial charge in [-0.05, 0) is 53.3 Å². The number of carbonyl (C=O) groups is 2. The number of rotatable bonds is 14. The molecule has 240 valence electrons. The Bertz CT molecular complexity index is 1540. The minimum Gasteiger partial charge on any atom is -0.465 e. The lowest BCUT2D eigenvalue weighted by Crippen LogP contribution is -2.53. The third-order valence-electron chi connectivity index (χ3n) is 8.61. The molecule has 0 radical (unpaired) electrons. The highest BCUT2D eigenvalue weighted by Gasteiger charge is 2.33. The van der Waals surface area contributed by atoms with E-state index in [1.165, 1.54) is 4.90 Å². The van der Waals surface area contributed by atoms with Crippen molar-refractivity contribution in [1.82, 2.24) is 15.5 Å². The molecule has 1 aliphatic rings. The van der Waals surface area contributed by atoms with Gasteiger partial charge in [0.25, 0.3) is 0 Å². The lowest BCUT2D eigenvalue weighted by Gasteiger charge is -2.32. The number of aliphatic hydroxyl groups excluding tert-OH is 2. The van der Waals surface area contributed by atoms with Crippen LogP contribution in [0.2, 0.25) is 0 Å². The summed E-state index contributed by atoms with van der Waals surface area (Å²) in [6.07, 6.45) is -3.57. The van der Waals surface area contributed by atoms with Crippen molar-refractivity contribution in [2.75, 3.05) is 26.7 Å². The molecule has 46 heavy (non-hydrogen) atoms. The highest BCUT2D eigenvalue weighted by Crippen LogP contribution is 2.44. The van der Waals surface area contributed by atoms with Crippen LogP contribution < -0.4 is 10.6 Å². The molecule has 0 aromatic heterocycles. The summed E-state index contributed by atoms with van der Waals surface area (Å²) in [7, 11) is 1.75. The molecule has 0 saturated heterocycles. The second kappa shape index (κ2) is 15.5. The number of hydrogen-bond donors (Lipinski definition) is 5. The smallest absolute Gasteiger partial charge is 0.409 e. The number of nitrogens with zero attached hydrogens (tertiary/aromatic N) is 1. The third-order valence-corrected chi connectivity index (χ3v) is 8.61. The average Bonchev–Trinajstić information content (AvgIpc) is 3.39. The van der Waals surface area contributed by atoms with Gasteiger partial charge in [-0.1, -0.05) is 109 Å². The van der Waals surface area contributed by atoms with Crippen LogP contribution >= 0.6 is 0 Å². The maximum atomic E-state index is 13.8. The van der Waals surface area contributed by atoms with Crippen LogP contribution in [0.15, 0.2) is 109 Å². The van der Waals surface area contributed by atoms with Crippen molar-refractivity contribution in [1.29, 1.82) is 0 Å². The maximum absolute atomic E-state index is 13.8. The highest BCUT2D eigenvalue weighted by molar-refractivity contribution is 5.79. The number of fused-ring (bicyclic) bond motifs is 3. The van der Waals surface area contributed by atoms with E-state index in [9.17, 15) is 24.9 Å². The van der Waals surface area contributed by atoms with Gasteiger partial charge in [-0.2, -0.15) is 0 Å². The predicted octanol–water partition coefficient (Wildman–Crippen LogP) is 4.67. The van der Waals surface area contributed by atoms with Crippen LogP contribution in [0.1, 0.15) is 28.2 Å². The number of aliphatic hydroxyl groups is 2. The molecule has 4 aromatic rings. The van der Waals surface area contributed by atoms with Crippen molar-refractivity contribution >= 4 is 12.2 Å². The number of likely N-dealkylation sites (N-methyl/N-ethyl adjacent to an activating group) is 1. The van der Waals surface area contributed by atoms with Gasteiger partial charge in [0.15, 0.2) is 0 Å². The van der Waals surface area contributed by atoms with E-state index in [0.717, 1.165) is 33.4 Å². The number of carboxylic acid groups (broad SMARTS) is 1. The summed E-state index contributed by atoms with van der Waals surface area (Å²) in [6.45, 7) is -0.333. The second-order valence-electron chi connectivity index (χ2n) is 11.7. The number of carbonyl (C=O) groups excluding carboxylic acids is 1. The molecule has 9 nitrogen and oxygen atoms in total. The molecule has 0 spiro atoms. The van der Waals surface area contributed by atoms with Crippen LogP contribution in [0.3, 0.4) is 0 Å². The van der Waals surface area contributed by atoms with Gasteiger partial charge in [0.2, 0.25) is 0 Å². The number of ether oxygens (including phenoxy) is 1. The van der Waals surface area contributed by atoms with Gasteiger partial charge in [0, 0.05) is 12.0 Å². The molecule has 4 aromatic carbocycles. The van der Waals surface area contributed by atoms with E-state index < -0.39 is 36.5 Å². The van der Waals surface area contributed by atoms with Crippen LogP contribution in [-0.4, -0.2) is 83.4 Å². The summed E-state index contributed by atoms with van der Waals surface area (Å²) >= 11 is 0. The Hall–Kier alpha value is -4.70. The van der Waals surface area contributed by atoms with E-state index in [1.54, 1.807) is 7.05 Å². The molecule has 0 fully saturated rings. The quantitative estimate of drug-likeness (QED) is 0.138. The zero-order valence-electron chi connectivity index (χ0n) is 25.8. The molecule has 1 aliphatic carbocycles. The third kappa shape index (κ3) is 8.11. The molecule has 1 unspecified atom stereocenters. The van der Waals surface area contributed by atoms with Crippen molar-refractivity contribution in [3.8, 4) is 11.1 Å². The number of benzene rings is 4. The number of nitrogens with one attached hydrogen (secondary N) is 2. The Morgan fingerprint density at radius 2 is 1.17 bits per heavy atom. The van der Waals surface area contributed by atoms with Crippen molar-refractivity contribution in [3.05, 3.63) is 131 Å². The Morgan fingerprint density at radius 3 is 1.67 bits per heavy atom. The van der Waals surface area contributed by atoms with E-state index in [4.69, 9.17) is 4.74 Å². The average molecular weight is 624 g/mol. The topological polar surface area (TPSA) is 131 Å². The molecule has 5 rings (SSSR count). The minimum atomic E-state index is -1.29. The fourth-order valence-electron chi connectivity index (χ4n) is 6.22. The molecule has 4 atom stereocenters. The van der Waals surface area contributed by atoms with E-state index in [0.29, 0.717) is 6.42 Å². The number of amides is 2. The summed E-state index contributed by atoms with van der Waals surface area (Å²) < 4.78 is 5.92. The lowest BCUT2D eigenvalue weighted by molar-refractivity contribution is 0.0283. The van der Waals surface area contributed by atoms with E-state index >= 15 is 0 Å². The monoisotopic (exact) mass is 623 g/mol. The first-order chi connectivity index (χ1) is 22.3. The van der Waals surface area contributed by atoms with Gasteiger partial charge in [-0.3, -0.25) is 0 Å². The van der Waals surface area contributed by atoms with Crippen LogP contribution in [-0.2, 0) is 17.6 Å². The molecule has 9 heteroatoms. The molecule has 5 N–H and O–H groups in total. The second-order valence-corrected chi connectivity index (χ2v) is 11.7. The van der Waals surface area contributed by atoms with Crippen LogP contribution in [0.5, 0.6) is 0 Å². The van der Waals surface area contributed by atoms with E-state index in [1.807, 2.05) is 97.1 Å². The van der Waals surface area contributed by atoms with Gasteiger partial charge in [0.1, 0.15) is 6.61 Å². The van der Waals surface area contributed by atoms with Crippen molar-refractivity contribution in [3.63, 3.8) is 0 Å². The molecular weight excluding hydrogens is 582 g/mol. The Kier molecular flexibility index (Phi) is 11.0. The van der Waals surface area contributed by atoms with Crippen LogP contribution in [0, 0.1) is 0 Å². The SMILES string of the molecule is CN[C@@H](Cc1ccccc1)C(O)CN(C[C@@H](O)[C@H](Cc1ccccc1)NC(=O)O)C(=O)OCC1c2ccccc2-c2ccccc21. The van der Waals surface area contributed by atoms with Crippen LogP contribution in [0.25, 0.3) is 11.1 Å². The van der Waals surface area contributed by atoms with Crippen molar-refractivity contribution < 1.29 is 29.6 Å². The van der Waals surface area contributed by atoms with Crippen LogP contribution in [0.4, 0.5) is 9.59 Å². The van der Waals surface area contributed by atoms with E-state index in [-0.39, 0.29) is 32.0 Å². The minimum absolute atomic E-state index is 0.0653. The fourth-order valence-corrected chi connectivity index (χ4v) is 6.22. The van der Waals surface area contributed by atoms with Crippen molar-refractivity contribution in [2.24, 2.45) is 0 Å². The summed E-state index contributed by atoms with van der Waals surface area (Å²) in [5.41, 5.74) is 6.17. The molecule has 0 heterocycles. The van der Waals surface area contributed by atoms with Gasteiger partial charge >= 0.3 is 12.2 Å². The summed E-state index contributed by atoms with van der Waals surface area (Å²) in [5.74, 6) is -0.171. The maximum Gasteiger partial charge on any atom is 0.409 e. The van der Waals surface area contributed by atoms with Gasteiger partial charge in [-0.25, -0.2) is 9.59 Å². The van der Waals surface area contributed by atoms with Crippen molar-refractivity contribution in [2.45, 2.75) is 43.1 Å². The molecule has 0 aliphatic heterocycles. The zero-order chi connectivity index (χ0) is 32.5. The summed E-state index contributed by atoms with van der Waals surface area (Å²) in [6, 6.07) is 33.7. The highest BCUT2D eigenvalue weighted by atomic mass is 16.6. The Balaban J connectivity index is 1.35. The Labute approximate surface area is 269 Å². The standard InChI is InChI=1S/C37H41N3O6/c1-38-32(20-25-12-4-2-5-13-25)34(41)22-40(23-35(42)33(39-36(43)44)21-26-14-6-3-7-15-26)37(45)46-24-31-29-18-10-8-16-27(29)28-17-9-11-19-30(28)31/h2-19,31-35,38-39,41-42H,20-24H2,1H3,(H,43,44)/t32-,33-,34?,35+/m0/s1. The normalized spacial score (nSPS) is 14.8. The zero-order valence-corrected chi connectivity index (χ0v) is 25.8. The fraction of sp³-hybridized carbons (Fsp3) is 0.297. The molecular formula is C37H41N3O6. The summed E-state index contributed by atoms with van der Waals surface area (Å²) in [4.78, 5) is 26.7. The van der Waals surface area contributed by atoms with Gasteiger partial charge < -0.3 is 35.6 Å². The first kappa shape index (κ1) is 32.7. The van der Waals surface area contributed by atoms with Gasteiger partial charge in [0.05, 0.1) is 31.3 Å². The first-order valence-corrected chi connectivity index (χ1v) is 15.5. The summed E-state index contributed by atoms with van der Waals surface area (Å²) in [5, 5.41) is 37.8. The molecule has 0 bridgehead atoms. The predicted molar refractivity (Wildman–Crippen MR) is 177 cm³/mol. The lowest BCUT2D eigenvalue weighted by atomic mass is 9.98. The molecule has 2 amide bonds. The molecule has 0 saturated carbocycles. The largest absolute Gasteiger partial charge is 0.465 e.